The van der Waals surface area contributed by atoms with Crippen molar-refractivity contribution in [1.82, 2.24) is 10.2 Å². The number of aryl methyl sites for hydroxylation is 1. The molecule has 2 aromatic rings. The van der Waals surface area contributed by atoms with E-state index < -0.39 is 5.41 Å². The van der Waals surface area contributed by atoms with E-state index >= 15 is 0 Å². The summed E-state index contributed by atoms with van der Waals surface area (Å²) >= 11 is 0. The van der Waals surface area contributed by atoms with Crippen LogP contribution >= 0.6 is 0 Å². The van der Waals surface area contributed by atoms with Crippen LogP contribution in [0.1, 0.15) is 82.1 Å². The normalized spacial score (nSPS) is 18.2. The van der Waals surface area contributed by atoms with Gasteiger partial charge in [-0.3, -0.25) is 0 Å². The molecular formula is C25H33N3O2. The maximum atomic E-state index is 9.30. The number of benzene rings is 1. The van der Waals surface area contributed by atoms with E-state index in [1.54, 1.807) is 0 Å². The highest BCUT2D eigenvalue weighted by Crippen LogP contribution is 2.47. The number of ether oxygens (including phenoxy) is 1. The molecule has 0 radical (unpaired) electrons. The molecule has 2 aliphatic carbocycles. The molecule has 4 rings (SSSR count). The Morgan fingerprint density at radius 2 is 1.90 bits per heavy atom. The molecule has 1 aromatic heterocycles. The van der Waals surface area contributed by atoms with Crippen molar-refractivity contribution in [3.05, 3.63) is 35.7 Å². The van der Waals surface area contributed by atoms with Crippen molar-refractivity contribution in [2.45, 2.75) is 82.5 Å². The SMILES string of the molecule is N#CC1(c2nnc(-c3cccc(CCCCCCOCC4CCCCC4)c3)o2)CC1. The van der Waals surface area contributed by atoms with Crippen LogP contribution in [0.4, 0.5) is 0 Å². The zero-order valence-corrected chi connectivity index (χ0v) is 17.9. The Labute approximate surface area is 179 Å². The van der Waals surface area contributed by atoms with Gasteiger partial charge in [-0.15, -0.1) is 10.2 Å². The lowest BCUT2D eigenvalue weighted by molar-refractivity contribution is 0.0824. The summed E-state index contributed by atoms with van der Waals surface area (Å²) in [4.78, 5) is 0. The van der Waals surface area contributed by atoms with E-state index in [-0.39, 0.29) is 0 Å². The molecule has 0 spiro atoms. The van der Waals surface area contributed by atoms with Crippen molar-refractivity contribution in [3.63, 3.8) is 0 Å². The summed E-state index contributed by atoms with van der Waals surface area (Å²) in [6.07, 6.45) is 14.4. The first-order valence-electron chi connectivity index (χ1n) is 11.7. The number of hydrogen-bond donors (Lipinski definition) is 0. The summed E-state index contributed by atoms with van der Waals surface area (Å²) in [5.41, 5.74) is 1.71. The number of nitrogens with zero attached hydrogens (tertiary/aromatic N) is 3. The molecule has 160 valence electrons. The van der Waals surface area contributed by atoms with Gasteiger partial charge in [0.05, 0.1) is 6.07 Å². The molecule has 0 unspecified atom stereocenters. The molecule has 1 aromatic carbocycles. The second-order valence-electron chi connectivity index (χ2n) is 9.05. The van der Waals surface area contributed by atoms with E-state index in [2.05, 4.69) is 28.4 Å². The summed E-state index contributed by atoms with van der Waals surface area (Å²) in [6, 6.07) is 10.6. The standard InChI is InChI=1S/C25H33N3O2/c26-19-25(14-15-25)24-28-27-23(30-24)22-13-8-12-20(17-22)9-4-1-2-7-16-29-18-21-10-5-3-6-11-21/h8,12-13,17,21H,1-7,9-11,14-16,18H2. The van der Waals surface area contributed by atoms with Crippen LogP contribution in [0.5, 0.6) is 0 Å². The van der Waals surface area contributed by atoms with Gasteiger partial charge >= 0.3 is 0 Å². The molecule has 5 heteroatoms. The molecule has 2 fully saturated rings. The third-order valence-corrected chi connectivity index (χ3v) is 6.55. The molecule has 0 atom stereocenters. The average molecular weight is 408 g/mol. The van der Waals surface area contributed by atoms with Crippen LogP contribution in [0.3, 0.4) is 0 Å². The average Bonchev–Trinajstić information content (AvgIpc) is 3.44. The largest absolute Gasteiger partial charge is 0.419 e. The maximum Gasteiger partial charge on any atom is 0.247 e. The highest BCUT2D eigenvalue weighted by Gasteiger charge is 2.50. The maximum absolute atomic E-state index is 9.30. The van der Waals surface area contributed by atoms with Crippen LogP contribution in [-0.4, -0.2) is 23.4 Å². The Bertz CT molecular complexity index is 844. The molecule has 2 aliphatic rings. The monoisotopic (exact) mass is 407 g/mol. The molecule has 30 heavy (non-hydrogen) atoms. The number of unbranched alkanes of at least 4 members (excludes halogenated alkanes) is 3. The Hall–Kier alpha value is -2.19. The lowest BCUT2D eigenvalue weighted by atomic mass is 9.90. The molecule has 1 heterocycles. The van der Waals surface area contributed by atoms with Gasteiger partial charge in [-0.1, -0.05) is 44.2 Å². The Kier molecular flexibility index (Phi) is 7.17. The minimum absolute atomic E-state index is 0.469. The van der Waals surface area contributed by atoms with Gasteiger partial charge in [0.1, 0.15) is 5.41 Å². The second-order valence-corrected chi connectivity index (χ2v) is 9.05. The lowest BCUT2D eigenvalue weighted by Crippen LogP contribution is -2.13. The van der Waals surface area contributed by atoms with Crippen LogP contribution in [-0.2, 0) is 16.6 Å². The van der Waals surface area contributed by atoms with E-state index in [1.807, 2.05) is 12.1 Å². The topological polar surface area (TPSA) is 71.9 Å². The van der Waals surface area contributed by atoms with Gasteiger partial charge in [-0.05, 0) is 68.6 Å². The number of aromatic nitrogens is 2. The van der Waals surface area contributed by atoms with Gasteiger partial charge in [0.2, 0.25) is 11.8 Å². The van der Waals surface area contributed by atoms with E-state index in [1.165, 1.54) is 56.9 Å². The first kappa shape index (κ1) is 21.1. The predicted molar refractivity (Wildman–Crippen MR) is 116 cm³/mol. The van der Waals surface area contributed by atoms with Gasteiger partial charge in [-0.25, -0.2) is 0 Å². The first-order valence-corrected chi connectivity index (χ1v) is 11.7. The van der Waals surface area contributed by atoms with E-state index in [0.717, 1.165) is 50.4 Å². The zero-order chi connectivity index (χ0) is 20.7. The molecule has 0 saturated heterocycles. The van der Waals surface area contributed by atoms with E-state index in [4.69, 9.17) is 9.15 Å². The zero-order valence-electron chi connectivity index (χ0n) is 17.9. The summed E-state index contributed by atoms with van der Waals surface area (Å²) in [5, 5.41) is 17.6. The molecule has 5 nitrogen and oxygen atoms in total. The number of rotatable bonds is 11. The molecule has 2 saturated carbocycles. The Morgan fingerprint density at radius 1 is 1.07 bits per heavy atom. The summed E-state index contributed by atoms with van der Waals surface area (Å²) < 4.78 is 11.7. The van der Waals surface area contributed by atoms with Crippen LogP contribution in [0.15, 0.2) is 28.7 Å². The van der Waals surface area contributed by atoms with Crippen LogP contribution < -0.4 is 0 Å². The van der Waals surface area contributed by atoms with Gasteiger partial charge in [0.25, 0.3) is 0 Å². The van der Waals surface area contributed by atoms with Crippen molar-refractivity contribution in [2.75, 3.05) is 13.2 Å². The Balaban J connectivity index is 1.14. The van der Waals surface area contributed by atoms with Crippen molar-refractivity contribution in [1.29, 1.82) is 5.26 Å². The molecule has 0 bridgehead atoms. The summed E-state index contributed by atoms with van der Waals surface area (Å²) in [7, 11) is 0. The van der Waals surface area contributed by atoms with Crippen molar-refractivity contribution >= 4 is 0 Å². The fourth-order valence-corrected chi connectivity index (χ4v) is 4.38. The van der Waals surface area contributed by atoms with E-state index in [0.29, 0.717) is 11.8 Å². The van der Waals surface area contributed by atoms with Crippen LogP contribution in [0.2, 0.25) is 0 Å². The Morgan fingerprint density at radius 3 is 2.70 bits per heavy atom. The van der Waals surface area contributed by atoms with Gasteiger partial charge < -0.3 is 9.15 Å². The van der Waals surface area contributed by atoms with Crippen LogP contribution in [0, 0.1) is 17.2 Å². The van der Waals surface area contributed by atoms with Crippen LogP contribution in [0.25, 0.3) is 11.5 Å². The smallest absolute Gasteiger partial charge is 0.247 e. The predicted octanol–water partition coefficient (Wildman–Crippen LogP) is 5.99. The minimum atomic E-state index is -0.525. The third-order valence-electron chi connectivity index (χ3n) is 6.55. The van der Waals surface area contributed by atoms with Crippen molar-refractivity contribution in [2.24, 2.45) is 5.92 Å². The van der Waals surface area contributed by atoms with Crippen molar-refractivity contribution < 1.29 is 9.15 Å². The first-order chi connectivity index (χ1) is 14.8. The van der Waals surface area contributed by atoms with Crippen molar-refractivity contribution in [3.8, 4) is 17.5 Å². The fourth-order valence-electron chi connectivity index (χ4n) is 4.38. The highest BCUT2D eigenvalue weighted by molar-refractivity contribution is 5.54. The second kappa shape index (κ2) is 10.2. The van der Waals surface area contributed by atoms with Gasteiger partial charge in [0.15, 0.2) is 0 Å². The molecule has 0 N–H and O–H groups in total. The van der Waals surface area contributed by atoms with Gasteiger partial charge in [0, 0.05) is 18.8 Å². The molecule has 0 amide bonds. The number of nitriles is 1. The summed E-state index contributed by atoms with van der Waals surface area (Å²) in [5.74, 6) is 1.80. The molecule has 0 aliphatic heterocycles. The molecular weight excluding hydrogens is 374 g/mol. The van der Waals surface area contributed by atoms with Gasteiger partial charge in [-0.2, -0.15) is 5.26 Å². The summed E-state index contributed by atoms with van der Waals surface area (Å²) in [6.45, 7) is 1.88. The fraction of sp³-hybridized carbons (Fsp3) is 0.640. The lowest BCUT2D eigenvalue weighted by Gasteiger charge is -2.21. The highest BCUT2D eigenvalue weighted by atomic mass is 16.5. The third kappa shape index (κ3) is 5.49. The van der Waals surface area contributed by atoms with E-state index in [9.17, 15) is 5.26 Å². The number of hydrogen-bond acceptors (Lipinski definition) is 5. The minimum Gasteiger partial charge on any atom is -0.419 e. The quantitative estimate of drug-likeness (QED) is 0.428.